The molecule has 0 aliphatic heterocycles. The molecule has 8 nitrogen and oxygen atoms in total. The summed E-state index contributed by atoms with van der Waals surface area (Å²) in [6, 6.07) is 13.0. The third-order valence-electron chi connectivity index (χ3n) is 4.11. The van der Waals surface area contributed by atoms with Crippen LogP contribution in [0.3, 0.4) is 0 Å². The highest BCUT2D eigenvalue weighted by molar-refractivity contribution is 6.07. The fraction of sp³-hybridized carbons (Fsp3) is 0.143. The Morgan fingerprint density at radius 1 is 0.828 bits per heavy atom. The number of rotatable bonds is 7. The number of amides is 2. The van der Waals surface area contributed by atoms with Gasteiger partial charge in [-0.3, -0.25) is 9.59 Å². The Labute approximate surface area is 167 Å². The number of nitrogens with one attached hydrogen (secondary N) is 2. The lowest BCUT2D eigenvalue weighted by molar-refractivity contribution is 0.0993. The van der Waals surface area contributed by atoms with E-state index in [9.17, 15) is 9.59 Å². The van der Waals surface area contributed by atoms with Crippen molar-refractivity contribution in [3.05, 3.63) is 66.1 Å². The summed E-state index contributed by atoms with van der Waals surface area (Å²) in [6.07, 6.45) is 1.41. The number of benzene rings is 2. The summed E-state index contributed by atoms with van der Waals surface area (Å²) in [7, 11) is 4.48. The first-order valence-electron chi connectivity index (χ1n) is 8.62. The van der Waals surface area contributed by atoms with E-state index >= 15 is 0 Å². The average molecular weight is 396 g/mol. The van der Waals surface area contributed by atoms with Crippen molar-refractivity contribution in [2.45, 2.75) is 0 Å². The molecule has 0 aliphatic carbocycles. The van der Waals surface area contributed by atoms with Gasteiger partial charge in [-0.15, -0.1) is 0 Å². The highest BCUT2D eigenvalue weighted by Crippen LogP contribution is 2.30. The number of hydrogen-bond acceptors (Lipinski definition) is 6. The van der Waals surface area contributed by atoms with Crippen LogP contribution in [0.2, 0.25) is 0 Å². The van der Waals surface area contributed by atoms with Gasteiger partial charge in [-0.05, 0) is 36.4 Å². The van der Waals surface area contributed by atoms with Crippen LogP contribution in [0.15, 0.2) is 59.2 Å². The number of ether oxygens (including phenoxy) is 3. The quantitative estimate of drug-likeness (QED) is 0.630. The summed E-state index contributed by atoms with van der Waals surface area (Å²) >= 11 is 0. The van der Waals surface area contributed by atoms with Gasteiger partial charge in [0.05, 0.1) is 38.8 Å². The van der Waals surface area contributed by atoms with Gasteiger partial charge in [0.15, 0.2) is 5.76 Å². The maximum atomic E-state index is 12.7. The molecule has 0 radical (unpaired) electrons. The van der Waals surface area contributed by atoms with Crippen LogP contribution in [0.25, 0.3) is 0 Å². The predicted octanol–water partition coefficient (Wildman–Crippen LogP) is 3.81. The van der Waals surface area contributed by atoms with Gasteiger partial charge in [-0.2, -0.15) is 0 Å². The van der Waals surface area contributed by atoms with E-state index in [2.05, 4.69) is 10.6 Å². The van der Waals surface area contributed by atoms with Gasteiger partial charge in [0.1, 0.15) is 17.2 Å². The van der Waals surface area contributed by atoms with E-state index in [-0.39, 0.29) is 11.7 Å². The topological polar surface area (TPSA) is 99.0 Å². The maximum absolute atomic E-state index is 12.7. The molecule has 0 aliphatic rings. The Hall–Kier alpha value is -3.94. The number of carbonyl (C=O) groups excluding carboxylic acids is 2. The van der Waals surface area contributed by atoms with Gasteiger partial charge in [-0.1, -0.05) is 0 Å². The highest BCUT2D eigenvalue weighted by atomic mass is 16.5. The minimum atomic E-state index is -0.409. The van der Waals surface area contributed by atoms with E-state index in [1.807, 2.05) is 0 Å². The van der Waals surface area contributed by atoms with Crippen LogP contribution in [0.5, 0.6) is 17.2 Å². The number of carbonyl (C=O) groups is 2. The summed E-state index contributed by atoms with van der Waals surface area (Å²) in [6.45, 7) is 0. The predicted molar refractivity (Wildman–Crippen MR) is 107 cm³/mol. The number of furan rings is 1. The molecule has 0 bridgehead atoms. The molecule has 1 heterocycles. The van der Waals surface area contributed by atoms with Crippen LogP contribution >= 0.6 is 0 Å². The molecule has 0 saturated heterocycles. The first kappa shape index (κ1) is 19.8. The molecule has 0 unspecified atom stereocenters. The monoisotopic (exact) mass is 396 g/mol. The molecule has 2 amide bonds. The van der Waals surface area contributed by atoms with Crippen molar-refractivity contribution in [2.75, 3.05) is 32.0 Å². The molecule has 2 N–H and O–H groups in total. The van der Waals surface area contributed by atoms with Crippen molar-refractivity contribution < 1.29 is 28.2 Å². The maximum Gasteiger partial charge on any atom is 0.291 e. The van der Waals surface area contributed by atoms with E-state index in [1.165, 1.54) is 27.6 Å². The Bertz CT molecular complexity index is 1010. The lowest BCUT2D eigenvalue weighted by Gasteiger charge is -2.13. The summed E-state index contributed by atoms with van der Waals surface area (Å²) in [5.41, 5.74) is 1.28. The smallest absolute Gasteiger partial charge is 0.291 e. The van der Waals surface area contributed by atoms with Crippen molar-refractivity contribution in [1.29, 1.82) is 0 Å². The van der Waals surface area contributed by atoms with Gasteiger partial charge >= 0.3 is 0 Å². The third kappa shape index (κ3) is 4.49. The second kappa shape index (κ2) is 8.83. The zero-order valence-corrected chi connectivity index (χ0v) is 16.1. The van der Waals surface area contributed by atoms with Gasteiger partial charge in [0.2, 0.25) is 0 Å². The molecule has 0 saturated carbocycles. The Morgan fingerprint density at radius 2 is 1.62 bits per heavy atom. The Balaban J connectivity index is 1.78. The molecule has 1 aromatic heterocycles. The molecule has 3 aromatic rings. The van der Waals surface area contributed by atoms with Crippen molar-refractivity contribution in [1.82, 2.24) is 0 Å². The number of anilines is 2. The molecule has 0 spiro atoms. The first-order valence-corrected chi connectivity index (χ1v) is 8.62. The van der Waals surface area contributed by atoms with Crippen molar-refractivity contribution in [3.63, 3.8) is 0 Å². The van der Waals surface area contributed by atoms with E-state index in [4.69, 9.17) is 18.6 Å². The van der Waals surface area contributed by atoms with Crippen LogP contribution in [0.1, 0.15) is 20.9 Å². The number of methoxy groups -OCH3 is 3. The SMILES string of the molecule is COc1ccc(C(=O)Nc2ccc(NC(=O)c3ccco3)c(OC)c2)c(OC)c1. The van der Waals surface area contributed by atoms with Crippen LogP contribution in [0.4, 0.5) is 11.4 Å². The van der Waals surface area contributed by atoms with E-state index in [1.54, 1.807) is 48.5 Å². The largest absolute Gasteiger partial charge is 0.497 e. The van der Waals surface area contributed by atoms with Gasteiger partial charge in [0.25, 0.3) is 11.8 Å². The van der Waals surface area contributed by atoms with Crippen molar-refractivity contribution in [3.8, 4) is 17.2 Å². The fourth-order valence-electron chi connectivity index (χ4n) is 2.65. The van der Waals surface area contributed by atoms with E-state index in [0.29, 0.717) is 34.2 Å². The summed E-state index contributed by atoms with van der Waals surface area (Å²) in [5.74, 6) is 0.750. The minimum absolute atomic E-state index is 0.177. The molecule has 29 heavy (non-hydrogen) atoms. The minimum Gasteiger partial charge on any atom is -0.497 e. The highest BCUT2D eigenvalue weighted by Gasteiger charge is 2.16. The summed E-state index contributed by atoms with van der Waals surface area (Å²) in [5, 5.41) is 5.48. The normalized spacial score (nSPS) is 10.2. The van der Waals surface area contributed by atoms with Crippen LogP contribution in [0, 0.1) is 0 Å². The first-order chi connectivity index (χ1) is 14.0. The van der Waals surface area contributed by atoms with Crippen molar-refractivity contribution >= 4 is 23.2 Å². The zero-order valence-electron chi connectivity index (χ0n) is 16.1. The van der Waals surface area contributed by atoms with Crippen LogP contribution in [-0.2, 0) is 0 Å². The van der Waals surface area contributed by atoms with Gasteiger partial charge in [0, 0.05) is 17.8 Å². The standard InChI is InChI=1S/C21H20N2O6/c1-26-14-7-8-15(18(12-14)27-2)20(24)22-13-6-9-16(19(11-13)28-3)23-21(25)17-5-4-10-29-17/h4-12H,1-3H3,(H,22,24)(H,23,25). The second-order valence-corrected chi connectivity index (χ2v) is 5.87. The van der Waals surface area contributed by atoms with Gasteiger partial charge < -0.3 is 29.3 Å². The fourth-order valence-corrected chi connectivity index (χ4v) is 2.65. The zero-order chi connectivity index (χ0) is 20.8. The Kier molecular flexibility index (Phi) is 6.03. The lowest BCUT2D eigenvalue weighted by atomic mass is 10.1. The van der Waals surface area contributed by atoms with Gasteiger partial charge in [-0.25, -0.2) is 0 Å². The summed E-state index contributed by atoms with van der Waals surface area (Å²) in [4.78, 5) is 24.8. The lowest BCUT2D eigenvalue weighted by Crippen LogP contribution is -2.14. The summed E-state index contributed by atoms with van der Waals surface area (Å²) < 4.78 is 20.8. The molecule has 150 valence electrons. The van der Waals surface area contributed by atoms with Crippen LogP contribution in [-0.4, -0.2) is 33.1 Å². The molecule has 3 rings (SSSR count). The molecule has 2 aromatic carbocycles. The van der Waals surface area contributed by atoms with E-state index in [0.717, 1.165) is 0 Å². The molecular weight excluding hydrogens is 376 g/mol. The molecule has 0 fully saturated rings. The Morgan fingerprint density at radius 3 is 2.28 bits per heavy atom. The van der Waals surface area contributed by atoms with E-state index < -0.39 is 5.91 Å². The molecule has 0 atom stereocenters. The average Bonchev–Trinajstić information content (AvgIpc) is 3.29. The van der Waals surface area contributed by atoms with Crippen LogP contribution < -0.4 is 24.8 Å². The second-order valence-electron chi connectivity index (χ2n) is 5.87. The third-order valence-corrected chi connectivity index (χ3v) is 4.11. The molecular formula is C21H20N2O6. The van der Waals surface area contributed by atoms with Crippen molar-refractivity contribution in [2.24, 2.45) is 0 Å². The molecule has 8 heteroatoms. The number of hydrogen-bond donors (Lipinski definition) is 2.